The van der Waals surface area contributed by atoms with Crippen LogP contribution in [0.4, 0.5) is 0 Å². The van der Waals surface area contributed by atoms with Crippen LogP contribution in [0, 0.1) is 11.8 Å². The number of rotatable bonds is 7. The number of aryl methyl sites for hydroxylation is 1. The zero-order valence-corrected chi connectivity index (χ0v) is 19.7. The lowest BCUT2D eigenvalue weighted by atomic mass is 9.96. The van der Waals surface area contributed by atoms with Gasteiger partial charge in [-0.15, -0.1) is 0 Å². The summed E-state index contributed by atoms with van der Waals surface area (Å²) in [6, 6.07) is 15.9. The summed E-state index contributed by atoms with van der Waals surface area (Å²) >= 11 is 0. The van der Waals surface area contributed by atoms with Gasteiger partial charge in [-0.1, -0.05) is 24.0 Å². The van der Waals surface area contributed by atoms with Crippen molar-refractivity contribution in [3.63, 3.8) is 0 Å². The molecule has 1 saturated carbocycles. The number of nitrogens with two attached hydrogens (primary N) is 1. The van der Waals surface area contributed by atoms with Gasteiger partial charge in [0, 0.05) is 46.4 Å². The Hall–Kier alpha value is -3.08. The van der Waals surface area contributed by atoms with Crippen LogP contribution in [0.1, 0.15) is 42.9 Å². The molecule has 0 spiro atoms. The van der Waals surface area contributed by atoms with Gasteiger partial charge in [0.05, 0.1) is 6.61 Å². The minimum Gasteiger partial charge on any atom is -0.395 e. The van der Waals surface area contributed by atoms with E-state index in [0.29, 0.717) is 6.54 Å². The van der Waals surface area contributed by atoms with Gasteiger partial charge in [0.1, 0.15) is 4.75 Å². The molecular formula is C26H28N2O4S. The maximum absolute atomic E-state index is 12.1. The normalized spacial score (nSPS) is 16.6. The molecule has 0 radical (unpaired) electrons. The highest BCUT2D eigenvalue weighted by atomic mass is 32.2. The monoisotopic (exact) mass is 464 g/mol. The molecule has 3 aromatic rings. The molecule has 4 rings (SSSR count). The summed E-state index contributed by atoms with van der Waals surface area (Å²) in [5.41, 5.74) is 9.24. The van der Waals surface area contributed by atoms with E-state index in [9.17, 15) is 18.3 Å². The average molecular weight is 465 g/mol. The second kappa shape index (κ2) is 8.36. The Morgan fingerprint density at radius 1 is 1.12 bits per heavy atom. The molecule has 7 heteroatoms. The van der Waals surface area contributed by atoms with Crippen molar-refractivity contribution < 1.29 is 18.3 Å². The largest absolute Gasteiger partial charge is 0.395 e. The van der Waals surface area contributed by atoms with E-state index in [0.717, 1.165) is 41.1 Å². The van der Waals surface area contributed by atoms with Gasteiger partial charge in [0.25, 0.3) is 0 Å². The van der Waals surface area contributed by atoms with Crippen molar-refractivity contribution in [1.82, 2.24) is 4.57 Å². The number of carbonyl (C=O) groups is 1. The Morgan fingerprint density at radius 2 is 1.76 bits per heavy atom. The number of amides is 1. The molecule has 1 amide bonds. The lowest BCUT2D eigenvalue weighted by Crippen LogP contribution is -2.48. The molecule has 1 heterocycles. The molecule has 33 heavy (non-hydrogen) atoms. The molecule has 1 atom stereocenters. The molecule has 0 saturated heterocycles. The van der Waals surface area contributed by atoms with Gasteiger partial charge in [-0.25, -0.2) is 8.42 Å². The van der Waals surface area contributed by atoms with Crippen LogP contribution >= 0.6 is 0 Å². The lowest BCUT2D eigenvalue weighted by molar-refractivity contribution is -0.120. The van der Waals surface area contributed by atoms with Crippen LogP contribution < -0.4 is 5.73 Å². The van der Waals surface area contributed by atoms with E-state index in [1.165, 1.54) is 12.5 Å². The molecular weight excluding hydrogens is 436 g/mol. The molecule has 1 aromatic heterocycles. The summed E-state index contributed by atoms with van der Waals surface area (Å²) < 4.78 is 24.5. The Balaban J connectivity index is 1.50. The molecule has 172 valence electrons. The molecule has 1 unspecified atom stereocenters. The van der Waals surface area contributed by atoms with E-state index in [2.05, 4.69) is 11.8 Å². The van der Waals surface area contributed by atoms with Gasteiger partial charge in [-0.3, -0.25) is 4.79 Å². The van der Waals surface area contributed by atoms with Crippen molar-refractivity contribution in [2.24, 2.45) is 5.73 Å². The summed E-state index contributed by atoms with van der Waals surface area (Å²) in [5.74, 6) is 5.54. The fourth-order valence-corrected chi connectivity index (χ4v) is 4.87. The van der Waals surface area contributed by atoms with Gasteiger partial charge >= 0.3 is 0 Å². The van der Waals surface area contributed by atoms with Crippen molar-refractivity contribution >= 4 is 26.6 Å². The van der Waals surface area contributed by atoms with E-state index in [1.54, 1.807) is 0 Å². The second-order valence-electron chi connectivity index (χ2n) is 9.17. The fraction of sp³-hybridized carbons (Fsp3) is 0.346. The maximum Gasteiger partial charge on any atom is 0.238 e. The van der Waals surface area contributed by atoms with E-state index in [4.69, 9.17) is 5.73 Å². The molecule has 3 N–H and O–H groups in total. The Kier molecular flexibility index (Phi) is 5.85. The quantitative estimate of drug-likeness (QED) is 0.525. The standard InChI is InChI=1S/C26H28N2O4S/c1-25(24(27)30,33(2,31)32)14-16-28-15-11-21-17-20(7-10-23(21)28)4-3-19-5-8-22(9-6-19)26(18-29)12-13-26/h5-11,15,17,29H,12-14,16,18H2,1-2H3,(H2,27,30). The summed E-state index contributed by atoms with van der Waals surface area (Å²) in [7, 11) is -3.64. The van der Waals surface area contributed by atoms with Crippen LogP contribution in [0.2, 0.25) is 0 Å². The number of sulfone groups is 1. The molecule has 2 aromatic carbocycles. The van der Waals surface area contributed by atoms with Crippen LogP contribution in [0.5, 0.6) is 0 Å². The number of aromatic nitrogens is 1. The molecule has 1 aliphatic carbocycles. The van der Waals surface area contributed by atoms with Crippen molar-refractivity contribution in [3.05, 3.63) is 71.4 Å². The Bertz CT molecular complexity index is 1370. The number of aliphatic hydroxyl groups is 1. The third-order valence-electron chi connectivity index (χ3n) is 6.95. The zero-order valence-electron chi connectivity index (χ0n) is 18.8. The average Bonchev–Trinajstić information content (AvgIpc) is 3.49. The summed E-state index contributed by atoms with van der Waals surface area (Å²) in [6.07, 6.45) is 5.08. The number of fused-ring (bicyclic) bond motifs is 1. The van der Waals surface area contributed by atoms with Crippen molar-refractivity contribution in [3.8, 4) is 11.8 Å². The predicted molar refractivity (Wildman–Crippen MR) is 129 cm³/mol. The lowest BCUT2D eigenvalue weighted by Gasteiger charge is -2.24. The maximum atomic E-state index is 12.1. The molecule has 1 fully saturated rings. The van der Waals surface area contributed by atoms with Crippen molar-refractivity contribution in [2.45, 2.75) is 42.9 Å². The first-order valence-electron chi connectivity index (χ1n) is 10.9. The van der Waals surface area contributed by atoms with Gasteiger partial charge in [-0.2, -0.15) is 0 Å². The van der Waals surface area contributed by atoms with Crippen LogP contribution in [-0.4, -0.2) is 41.6 Å². The van der Waals surface area contributed by atoms with Crippen LogP contribution in [-0.2, 0) is 26.6 Å². The second-order valence-corrected chi connectivity index (χ2v) is 11.6. The minimum atomic E-state index is -3.64. The predicted octanol–water partition coefficient (Wildman–Crippen LogP) is 2.74. The summed E-state index contributed by atoms with van der Waals surface area (Å²) in [6.45, 7) is 1.92. The van der Waals surface area contributed by atoms with E-state index < -0.39 is 20.5 Å². The minimum absolute atomic E-state index is 0.0413. The van der Waals surface area contributed by atoms with Crippen LogP contribution in [0.3, 0.4) is 0 Å². The molecule has 1 aliphatic rings. The first kappa shape index (κ1) is 23.1. The molecule has 0 aliphatic heterocycles. The third kappa shape index (κ3) is 4.41. The highest BCUT2D eigenvalue weighted by Gasteiger charge is 2.43. The Morgan fingerprint density at radius 3 is 2.33 bits per heavy atom. The highest BCUT2D eigenvalue weighted by Crippen LogP contribution is 2.47. The number of primary amides is 1. The molecule has 0 bridgehead atoms. The van der Waals surface area contributed by atoms with Crippen molar-refractivity contribution in [1.29, 1.82) is 0 Å². The van der Waals surface area contributed by atoms with Crippen molar-refractivity contribution in [2.75, 3.05) is 12.9 Å². The van der Waals surface area contributed by atoms with Gasteiger partial charge in [-0.05, 0) is 68.1 Å². The topological polar surface area (TPSA) is 102 Å². The number of hydrogen-bond acceptors (Lipinski definition) is 4. The number of hydrogen-bond donors (Lipinski definition) is 2. The van der Waals surface area contributed by atoms with E-state index >= 15 is 0 Å². The SMILES string of the molecule is CC(CCn1ccc2cc(C#Cc3ccc(C4(CO)CC4)cc3)ccc21)(C(N)=O)S(C)(=O)=O. The third-order valence-corrected chi connectivity index (χ3v) is 8.99. The first-order valence-corrected chi connectivity index (χ1v) is 12.8. The first-order chi connectivity index (χ1) is 15.6. The van der Waals surface area contributed by atoms with Gasteiger partial charge < -0.3 is 15.4 Å². The number of carbonyl (C=O) groups excluding carboxylic acids is 1. The number of benzene rings is 2. The smallest absolute Gasteiger partial charge is 0.238 e. The summed E-state index contributed by atoms with van der Waals surface area (Å²) in [4.78, 5) is 11.8. The fourth-order valence-electron chi connectivity index (χ4n) is 4.04. The number of aliphatic hydroxyl groups excluding tert-OH is 1. The zero-order chi connectivity index (χ0) is 23.9. The molecule has 6 nitrogen and oxygen atoms in total. The van der Waals surface area contributed by atoms with Crippen LogP contribution in [0.25, 0.3) is 10.9 Å². The van der Waals surface area contributed by atoms with E-state index in [-0.39, 0.29) is 18.4 Å². The van der Waals surface area contributed by atoms with E-state index in [1.807, 2.05) is 59.3 Å². The Labute approximate surface area is 194 Å². The van der Waals surface area contributed by atoms with Crippen LogP contribution in [0.15, 0.2) is 54.7 Å². The number of nitrogens with zero attached hydrogens (tertiary/aromatic N) is 1. The van der Waals surface area contributed by atoms with Gasteiger partial charge in [0.15, 0.2) is 9.84 Å². The van der Waals surface area contributed by atoms with Gasteiger partial charge in [0.2, 0.25) is 5.91 Å². The highest BCUT2D eigenvalue weighted by molar-refractivity contribution is 7.92. The summed E-state index contributed by atoms with van der Waals surface area (Å²) in [5, 5.41) is 10.6.